The van der Waals surface area contributed by atoms with Crippen molar-refractivity contribution in [3.05, 3.63) is 34.3 Å². The minimum Gasteiger partial charge on any atom is -0.347 e. The first-order chi connectivity index (χ1) is 7.37. The molecule has 0 aromatic heterocycles. The molecule has 16 heavy (non-hydrogen) atoms. The van der Waals surface area contributed by atoms with E-state index in [-0.39, 0.29) is 6.42 Å². The minimum atomic E-state index is -4.37. The van der Waals surface area contributed by atoms with Crippen LogP contribution in [0.4, 0.5) is 13.2 Å². The van der Waals surface area contributed by atoms with Crippen molar-refractivity contribution in [2.24, 2.45) is 0 Å². The smallest absolute Gasteiger partial charge is 0.347 e. The van der Waals surface area contributed by atoms with Crippen molar-refractivity contribution in [3.63, 3.8) is 0 Å². The highest BCUT2D eigenvalue weighted by molar-refractivity contribution is 9.10. The molecule has 1 rings (SSSR count). The Hall–Kier alpha value is -1.04. The lowest BCUT2D eigenvalue weighted by Gasteiger charge is -2.08. The molecule has 1 aromatic rings. The van der Waals surface area contributed by atoms with Gasteiger partial charge >= 0.3 is 6.18 Å². The van der Waals surface area contributed by atoms with Crippen LogP contribution >= 0.6 is 15.9 Å². The summed E-state index contributed by atoms with van der Waals surface area (Å²) in [4.78, 5) is 11.1. The van der Waals surface area contributed by atoms with Gasteiger partial charge in [-0.3, -0.25) is 4.79 Å². The third-order valence-corrected chi connectivity index (χ3v) is 2.29. The number of carbonyl (C=O) groups is 1. The van der Waals surface area contributed by atoms with Gasteiger partial charge in [0.1, 0.15) is 6.54 Å². The third kappa shape index (κ3) is 5.16. The van der Waals surface area contributed by atoms with Crippen molar-refractivity contribution in [1.82, 2.24) is 5.32 Å². The van der Waals surface area contributed by atoms with Crippen LogP contribution in [0.25, 0.3) is 0 Å². The SMILES string of the molecule is O=C(Cc1ccc(Br)cc1)NCC(F)(F)F. The van der Waals surface area contributed by atoms with E-state index in [0.29, 0.717) is 5.56 Å². The maximum absolute atomic E-state index is 11.8. The van der Waals surface area contributed by atoms with Crippen LogP contribution in [0.5, 0.6) is 0 Å². The largest absolute Gasteiger partial charge is 0.405 e. The van der Waals surface area contributed by atoms with Gasteiger partial charge in [0, 0.05) is 4.47 Å². The molecular weight excluding hydrogens is 287 g/mol. The van der Waals surface area contributed by atoms with Crippen LogP contribution in [0.15, 0.2) is 28.7 Å². The Morgan fingerprint density at radius 2 is 1.81 bits per heavy atom. The molecular formula is C10H9BrF3NO. The quantitative estimate of drug-likeness (QED) is 0.913. The molecule has 1 N–H and O–H groups in total. The van der Waals surface area contributed by atoms with Gasteiger partial charge in [-0.1, -0.05) is 28.1 Å². The molecule has 1 amide bonds. The van der Waals surface area contributed by atoms with E-state index in [1.54, 1.807) is 24.3 Å². The van der Waals surface area contributed by atoms with Crippen LogP contribution in [0, 0.1) is 0 Å². The number of rotatable bonds is 3. The van der Waals surface area contributed by atoms with Crippen molar-refractivity contribution in [2.75, 3.05) is 6.54 Å². The van der Waals surface area contributed by atoms with Crippen LogP contribution in [-0.2, 0) is 11.2 Å². The predicted octanol–water partition coefficient (Wildman–Crippen LogP) is 2.67. The van der Waals surface area contributed by atoms with Crippen molar-refractivity contribution in [2.45, 2.75) is 12.6 Å². The van der Waals surface area contributed by atoms with Crippen molar-refractivity contribution in [1.29, 1.82) is 0 Å². The number of carbonyl (C=O) groups excluding carboxylic acids is 1. The first kappa shape index (κ1) is 13.0. The van der Waals surface area contributed by atoms with Gasteiger partial charge in [-0.15, -0.1) is 0 Å². The third-order valence-electron chi connectivity index (χ3n) is 1.76. The maximum atomic E-state index is 11.8. The molecule has 0 aliphatic carbocycles. The van der Waals surface area contributed by atoms with E-state index < -0.39 is 18.6 Å². The fourth-order valence-corrected chi connectivity index (χ4v) is 1.31. The van der Waals surface area contributed by atoms with Gasteiger partial charge in [-0.05, 0) is 17.7 Å². The Morgan fingerprint density at radius 3 is 2.31 bits per heavy atom. The fourth-order valence-electron chi connectivity index (χ4n) is 1.05. The lowest BCUT2D eigenvalue weighted by molar-refractivity contribution is -0.138. The summed E-state index contributed by atoms with van der Waals surface area (Å²) in [5, 5.41) is 1.81. The van der Waals surface area contributed by atoms with E-state index in [0.717, 1.165) is 4.47 Å². The summed E-state index contributed by atoms with van der Waals surface area (Å²) in [5.74, 6) is -0.639. The molecule has 0 spiro atoms. The Morgan fingerprint density at radius 1 is 1.25 bits per heavy atom. The maximum Gasteiger partial charge on any atom is 0.405 e. The molecule has 0 aliphatic heterocycles. The standard InChI is InChI=1S/C10H9BrF3NO/c11-8-3-1-7(2-4-8)5-9(16)15-6-10(12,13)14/h1-4H,5-6H2,(H,15,16). The second-order valence-electron chi connectivity index (χ2n) is 3.20. The van der Waals surface area contributed by atoms with E-state index in [1.807, 2.05) is 5.32 Å². The zero-order valence-corrected chi connectivity index (χ0v) is 9.73. The average molecular weight is 296 g/mol. The summed E-state index contributed by atoms with van der Waals surface area (Å²) in [6.07, 6.45) is -4.42. The van der Waals surface area contributed by atoms with Crippen LogP contribution < -0.4 is 5.32 Å². The van der Waals surface area contributed by atoms with E-state index in [1.165, 1.54) is 0 Å². The van der Waals surface area contributed by atoms with E-state index in [2.05, 4.69) is 15.9 Å². The first-order valence-corrected chi connectivity index (χ1v) is 5.24. The summed E-state index contributed by atoms with van der Waals surface area (Å²) in [6, 6.07) is 6.81. The fraction of sp³-hybridized carbons (Fsp3) is 0.300. The zero-order chi connectivity index (χ0) is 12.2. The van der Waals surface area contributed by atoms with Crippen LogP contribution in [0.3, 0.4) is 0 Å². The highest BCUT2D eigenvalue weighted by Crippen LogP contribution is 2.13. The molecule has 0 atom stereocenters. The van der Waals surface area contributed by atoms with Gasteiger partial charge in [0.25, 0.3) is 0 Å². The van der Waals surface area contributed by atoms with Crippen molar-refractivity contribution < 1.29 is 18.0 Å². The number of alkyl halides is 3. The van der Waals surface area contributed by atoms with Gasteiger partial charge < -0.3 is 5.32 Å². The molecule has 0 saturated heterocycles. The summed E-state index contributed by atoms with van der Waals surface area (Å²) >= 11 is 3.22. The van der Waals surface area contributed by atoms with Gasteiger partial charge in [0.15, 0.2) is 0 Å². The second kappa shape index (κ2) is 5.34. The molecule has 0 heterocycles. The number of amides is 1. The second-order valence-corrected chi connectivity index (χ2v) is 4.11. The zero-order valence-electron chi connectivity index (χ0n) is 8.14. The Balaban J connectivity index is 2.43. The van der Waals surface area contributed by atoms with Crippen LogP contribution in [-0.4, -0.2) is 18.6 Å². The predicted molar refractivity (Wildman–Crippen MR) is 56.9 cm³/mol. The van der Waals surface area contributed by atoms with E-state index >= 15 is 0 Å². The first-order valence-electron chi connectivity index (χ1n) is 4.45. The van der Waals surface area contributed by atoms with E-state index in [4.69, 9.17) is 0 Å². The van der Waals surface area contributed by atoms with Crippen LogP contribution in [0.1, 0.15) is 5.56 Å². The topological polar surface area (TPSA) is 29.1 Å². The lowest BCUT2D eigenvalue weighted by atomic mass is 10.1. The van der Waals surface area contributed by atoms with Crippen molar-refractivity contribution in [3.8, 4) is 0 Å². The Labute approximate surface area is 99.0 Å². The van der Waals surface area contributed by atoms with Gasteiger partial charge in [0.05, 0.1) is 6.42 Å². The lowest BCUT2D eigenvalue weighted by Crippen LogP contribution is -2.34. The van der Waals surface area contributed by atoms with Gasteiger partial charge in [0.2, 0.25) is 5.91 Å². The van der Waals surface area contributed by atoms with E-state index in [9.17, 15) is 18.0 Å². The summed E-state index contributed by atoms with van der Waals surface area (Å²) < 4.78 is 36.2. The number of nitrogens with one attached hydrogen (secondary N) is 1. The summed E-state index contributed by atoms with van der Waals surface area (Å²) in [7, 11) is 0. The Bertz CT molecular complexity index is 361. The molecule has 0 unspecified atom stereocenters. The number of hydrogen-bond acceptors (Lipinski definition) is 1. The summed E-state index contributed by atoms with van der Waals surface area (Å²) in [5.41, 5.74) is 0.669. The molecule has 1 aromatic carbocycles. The van der Waals surface area contributed by atoms with Crippen molar-refractivity contribution >= 4 is 21.8 Å². The molecule has 0 fully saturated rings. The minimum absolute atomic E-state index is 0.0522. The average Bonchev–Trinajstić information content (AvgIpc) is 2.18. The number of halogens is 4. The Kier molecular flexibility index (Phi) is 4.35. The highest BCUT2D eigenvalue weighted by Gasteiger charge is 2.27. The molecule has 88 valence electrons. The van der Waals surface area contributed by atoms with Gasteiger partial charge in [-0.25, -0.2) is 0 Å². The summed E-state index contributed by atoms with van der Waals surface area (Å²) in [6.45, 7) is -1.29. The molecule has 0 radical (unpaired) electrons. The normalized spacial score (nSPS) is 11.2. The number of hydrogen-bond donors (Lipinski definition) is 1. The molecule has 0 bridgehead atoms. The van der Waals surface area contributed by atoms with Gasteiger partial charge in [-0.2, -0.15) is 13.2 Å². The molecule has 0 aliphatic rings. The molecule has 2 nitrogen and oxygen atoms in total. The molecule has 6 heteroatoms. The van der Waals surface area contributed by atoms with Crippen LogP contribution in [0.2, 0.25) is 0 Å². The number of benzene rings is 1. The molecule has 0 saturated carbocycles. The monoisotopic (exact) mass is 295 g/mol. The highest BCUT2D eigenvalue weighted by atomic mass is 79.9.